The van der Waals surface area contributed by atoms with E-state index in [-0.39, 0.29) is 9.79 Å². The first-order valence-electron chi connectivity index (χ1n) is 10.9. The van der Waals surface area contributed by atoms with Crippen molar-refractivity contribution in [1.82, 2.24) is 4.90 Å². The van der Waals surface area contributed by atoms with Crippen LogP contribution in [-0.2, 0) is 9.84 Å². The highest BCUT2D eigenvalue weighted by atomic mass is 32.2. The zero-order valence-corrected chi connectivity index (χ0v) is 18.6. The number of para-hydroxylation sites is 1. The first-order chi connectivity index (χ1) is 15.6. The summed E-state index contributed by atoms with van der Waals surface area (Å²) in [6.07, 6.45) is 2.50. The molecular weight excluding hydrogens is 422 g/mol. The molecule has 5 nitrogen and oxygen atoms in total. The van der Waals surface area contributed by atoms with Gasteiger partial charge in [-0.1, -0.05) is 42.5 Å². The van der Waals surface area contributed by atoms with Crippen LogP contribution >= 0.6 is 0 Å². The molecule has 32 heavy (non-hydrogen) atoms. The summed E-state index contributed by atoms with van der Waals surface area (Å²) in [4.78, 5) is 2.80. The number of ether oxygens (including phenoxy) is 1. The average Bonchev–Trinajstić information content (AvgIpc) is 3.48. The van der Waals surface area contributed by atoms with Crippen LogP contribution < -0.4 is 4.74 Å². The van der Waals surface area contributed by atoms with Crippen LogP contribution in [0.1, 0.15) is 12.8 Å². The number of hydrogen-bond acceptors (Lipinski definition) is 5. The van der Waals surface area contributed by atoms with Gasteiger partial charge in [-0.2, -0.15) is 0 Å². The Balaban J connectivity index is 1.45. The summed E-state index contributed by atoms with van der Waals surface area (Å²) in [6.45, 7) is 3.74. The van der Waals surface area contributed by atoms with Gasteiger partial charge in [0.25, 0.3) is 0 Å². The number of furan rings is 1. The molecule has 0 unspecified atom stereocenters. The molecule has 5 rings (SSSR count). The molecule has 0 bridgehead atoms. The van der Waals surface area contributed by atoms with Crippen molar-refractivity contribution in [2.75, 3.05) is 26.2 Å². The molecule has 0 amide bonds. The summed E-state index contributed by atoms with van der Waals surface area (Å²) in [6, 6.07) is 23.2. The second-order valence-electron chi connectivity index (χ2n) is 7.99. The largest absolute Gasteiger partial charge is 0.492 e. The second-order valence-corrected chi connectivity index (χ2v) is 9.88. The third kappa shape index (κ3) is 4.04. The van der Waals surface area contributed by atoms with Gasteiger partial charge in [-0.15, -0.1) is 0 Å². The van der Waals surface area contributed by atoms with Gasteiger partial charge in [0.1, 0.15) is 22.8 Å². The van der Waals surface area contributed by atoms with Crippen LogP contribution in [0.4, 0.5) is 0 Å². The van der Waals surface area contributed by atoms with Crippen molar-refractivity contribution in [2.24, 2.45) is 0 Å². The van der Waals surface area contributed by atoms with Crippen LogP contribution in [0.5, 0.6) is 5.75 Å². The van der Waals surface area contributed by atoms with Crippen LogP contribution in [0.2, 0.25) is 0 Å². The number of hydrogen-bond donors (Lipinski definition) is 0. The van der Waals surface area contributed by atoms with Gasteiger partial charge in [-0.3, -0.25) is 4.90 Å². The SMILES string of the molecule is O=S(=O)(c1ccc(OCCN2CCCC2)cc1)c1c(-c2ccccc2)oc2ccccc12. The van der Waals surface area contributed by atoms with Crippen LogP contribution in [0, 0.1) is 0 Å². The number of benzene rings is 3. The van der Waals surface area contributed by atoms with E-state index in [9.17, 15) is 8.42 Å². The summed E-state index contributed by atoms with van der Waals surface area (Å²) < 4.78 is 39.2. The van der Waals surface area contributed by atoms with Crippen LogP contribution in [-0.4, -0.2) is 39.6 Å². The topological polar surface area (TPSA) is 59.8 Å². The van der Waals surface area contributed by atoms with E-state index >= 15 is 0 Å². The maximum atomic E-state index is 13.7. The van der Waals surface area contributed by atoms with Gasteiger partial charge in [0, 0.05) is 17.5 Å². The van der Waals surface area contributed by atoms with E-state index in [1.54, 1.807) is 36.4 Å². The Morgan fingerprint density at radius 2 is 1.53 bits per heavy atom. The summed E-state index contributed by atoms with van der Waals surface area (Å²) in [5, 5.41) is 0.581. The maximum Gasteiger partial charge on any atom is 0.211 e. The molecule has 0 spiro atoms. The number of likely N-dealkylation sites (tertiary alicyclic amines) is 1. The molecule has 0 atom stereocenters. The van der Waals surface area contributed by atoms with E-state index in [0.29, 0.717) is 29.1 Å². The van der Waals surface area contributed by atoms with E-state index < -0.39 is 9.84 Å². The minimum absolute atomic E-state index is 0.196. The summed E-state index contributed by atoms with van der Waals surface area (Å²) >= 11 is 0. The predicted molar refractivity (Wildman–Crippen MR) is 125 cm³/mol. The molecule has 1 aliphatic rings. The maximum absolute atomic E-state index is 13.7. The predicted octanol–water partition coefficient (Wildman–Crippen LogP) is 5.41. The number of nitrogens with zero attached hydrogens (tertiary/aromatic N) is 1. The summed E-state index contributed by atoms with van der Waals surface area (Å²) in [5.74, 6) is 1.03. The summed E-state index contributed by atoms with van der Waals surface area (Å²) in [5.41, 5.74) is 1.27. The van der Waals surface area contributed by atoms with E-state index in [1.165, 1.54) is 12.8 Å². The Morgan fingerprint density at radius 3 is 2.28 bits per heavy atom. The minimum Gasteiger partial charge on any atom is -0.492 e. The third-order valence-corrected chi connectivity index (χ3v) is 7.70. The Hall–Kier alpha value is -3.09. The van der Waals surface area contributed by atoms with Crippen molar-refractivity contribution in [1.29, 1.82) is 0 Å². The first kappa shape index (κ1) is 20.8. The molecule has 0 aliphatic carbocycles. The fourth-order valence-corrected chi connectivity index (χ4v) is 5.79. The van der Waals surface area contributed by atoms with Crippen molar-refractivity contribution in [3.05, 3.63) is 78.9 Å². The molecule has 0 N–H and O–H groups in total. The highest BCUT2D eigenvalue weighted by Crippen LogP contribution is 2.39. The molecule has 2 heterocycles. The minimum atomic E-state index is -3.81. The normalized spacial score (nSPS) is 14.8. The average molecular weight is 448 g/mol. The van der Waals surface area contributed by atoms with E-state index in [0.717, 1.165) is 25.2 Å². The quantitative estimate of drug-likeness (QED) is 0.379. The van der Waals surface area contributed by atoms with Crippen LogP contribution in [0.3, 0.4) is 0 Å². The molecule has 1 fully saturated rings. The lowest BCUT2D eigenvalue weighted by Gasteiger charge is -2.15. The number of sulfone groups is 1. The lowest BCUT2D eigenvalue weighted by Crippen LogP contribution is -2.25. The van der Waals surface area contributed by atoms with Crippen LogP contribution in [0.25, 0.3) is 22.3 Å². The zero-order chi connectivity index (χ0) is 22.0. The highest BCUT2D eigenvalue weighted by Gasteiger charge is 2.28. The standard InChI is InChI=1S/C26H25NO4S/c28-32(29,22-14-12-21(13-15-22)30-19-18-27-16-6-7-17-27)26-23-10-4-5-11-24(23)31-25(26)20-8-2-1-3-9-20/h1-5,8-15H,6-7,16-19H2. The van der Waals surface area contributed by atoms with Crippen molar-refractivity contribution in [2.45, 2.75) is 22.6 Å². The molecule has 6 heteroatoms. The van der Waals surface area contributed by atoms with Gasteiger partial charge in [0.05, 0.1) is 4.90 Å². The molecule has 1 aromatic heterocycles. The third-order valence-electron chi connectivity index (χ3n) is 5.86. The van der Waals surface area contributed by atoms with Gasteiger partial charge >= 0.3 is 0 Å². The smallest absolute Gasteiger partial charge is 0.211 e. The highest BCUT2D eigenvalue weighted by molar-refractivity contribution is 7.91. The molecular formula is C26H25NO4S. The Labute approximate surface area is 188 Å². The van der Waals surface area contributed by atoms with E-state index in [4.69, 9.17) is 9.15 Å². The molecule has 1 aliphatic heterocycles. The van der Waals surface area contributed by atoms with Crippen LogP contribution in [0.15, 0.2) is 93.1 Å². The molecule has 1 saturated heterocycles. The van der Waals surface area contributed by atoms with Crippen molar-refractivity contribution in [3.8, 4) is 17.1 Å². The Morgan fingerprint density at radius 1 is 0.844 bits per heavy atom. The van der Waals surface area contributed by atoms with Crippen molar-refractivity contribution in [3.63, 3.8) is 0 Å². The van der Waals surface area contributed by atoms with Gasteiger partial charge in [-0.05, 0) is 62.3 Å². The molecule has 0 saturated carbocycles. The summed E-state index contributed by atoms with van der Waals surface area (Å²) in [7, 11) is -3.81. The first-order valence-corrected chi connectivity index (χ1v) is 12.4. The van der Waals surface area contributed by atoms with Crippen molar-refractivity contribution < 1.29 is 17.6 Å². The number of rotatable bonds is 7. The van der Waals surface area contributed by atoms with Gasteiger partial charge in [0.2, 0.25) is 9.84 Å². The van der Waals surface area contributed by atoms with E-state index in [2.05, 4.69) is 4.90 Å². The zero-order valence-electron chi connectivity index (χ0n) is 17.7. The van der Waals surface area contributed by atoms with Crippen molar-refractivity contribution >= 4 is 20.8 Å². The van der Waals surface area contributed by atoms with Gasteiger partial charge < -0.3 is 9.15 Å². The Bertz CT molecular complexity index is 1310. The molecule has 3 aromatic carbocycles. The van der Waals surface area contributed by atoms with E-state index in [1.807, 2.05) is 42.5 Å². The fourth-order valence-electron chi connectivity index (χ4n) is 4.20. The fraction of sp³-hybridized carbons (Fsp3) is 0.231. The lowest BCUT2D eigenvalue weighted by molar-refractivity contribution is 0.237. The molecule has 164 valence electrons. The van der Waals surface area contributed by atoms with Gasteiger partial charge in [0.15, 0.2) is 5.76 Å². The number of fused-ring (bicyclic) bond motifs is 1. The Kier molecular flexibility index (Phi) is 5.72. The molecule has 0 radical (unpaired) electrons. The lowest BCUT2D eigenvalue weighted by atomic mass is 10.1. The monoisotopic (exact) mass is 447 g/mol. The second kappa shape index (κ2) is 8.81. The van der Waals surface area contributed by atoms with Gasteiger partial charge in [-0.25, -0.2) is 8.42 Å². The molecule has 4 aromatic rings.